The fourth-order valence-corrected chi connectivity index (χ4v) is 3.17. The van der Waals surface area contributed by atoms with Crippen LogP contribution < -0.4 is 16.4 Å². The van der Waals surface area contributed by atoms with Gasteiger partial charge in [0.1, 0.15) is 11.6 Å². The highest BCUT2D eigenvalue weighted by atomic mass is 19.1. The highest BCUT2D eigenvalue weighted by molar-refractivity contribution is 5.92. The summed E-state index contributed by atoms with van der Waals surface area (Å²) in [5, 5.41) is 16.0. The Morgan fingerprint density at radius 1 is 1.19 bits per heavy atom. The van der Waals surface area contributed by atoms with Crippen LogP contribution in [0.1, 0.15) is 32.0 Å². The summed E-state index contributed by atoms with van der Waals surface area (Å²) in [4.78, 5) is 21.0. The number of nitrogens with zero attached hydrogens (tertiary/aromatic N) is 2. The van der Waals surface area contributed by atoms with Crippen LogP contribution in [0, 0.1) is 25.1 Å². The Kier molecular flexibility index (Phi) is 6.13. The van der Waals surface area contributed by atoms with Gasteiger partial charge in [-0.25, -0.2) is 14.2 Å². The van der Waals surface area contributed by atoms with Gasteiger partial charge in [-0.3, -0.25) is 4.98 Å². The molecule has 5 N–H and O–H groups in total. The summed E-state index contributed by atoms with van der Waals surface area (Å²) < 4.78 is 14.6. The number of anilines is 2. The lowest BCUT2D eigenvalue weighted by molar-refractivity contribution is 0.0654. The molecule has 8 heteroatoms. The smallest absolute Gasteiger partial charge is 0.319 e. The van der Waals surface area contributed by atoms with Crippen LogP contribution in [0.2, 0.25) is 0 Å². The zero-order chi connectivity index (χ0) is 22.9. The number of nitrogen functional groups attached to an aromatic ring is 1. The number of halogens is 1. The number of amides is 2. The van der Waals surface area contributed by atoms with Crippen LogP contribution in [0.5, 0.6) is 0 Å². The quantitative estimate of drug-likeness (QED) is 0.501. The summed E-state index contributed by atoms with van der Waals surface area (Å²) in [7, 11) is 0. The number of aromatic nitrogens is 2. The van der Waals surface area contributed by atoms with Crippen molar-refractivity contribution in [3.8, 4) is 11.1 Å². The number of aliphatic hydroxyl groups is 1. The van der Waals surface area contributed by atoms with Crippen molar-refractivity contribution in [3.63, 3.8) is 0 Å². The Morgan fingerprint density at radius 2 is 1.90 bits per heavy atom. The van der Waals surface area contributed by atoms with E-state index in [2.05, 4.69) is 20.6 Å². The maximum absolute atomic E-state index is 14.6. The zero-order valence-corrected chi connectivity index (χ0v) is 18.4. The molecule has 0 saturated heterocycles. The number of rotatable bonds is 4. The topological polar surface area (TPSA) is 113 Å². The fourth-order valence-electron chi connectivity index (χ4n) is 3.17. The van der Waals surface area contributed by atoms with Crippen LogP contribution in [0.25, 0.3) is 22.0 Å². The fraction of sp³-hybridized carbons (Fsp3) is 0.348. The van der Waals surface area contributed by atoms with Gasteiger partial charge in [-0.15, -0.1) is 0 Å². The highest BCUT2D eigenvalue weighted by Gasteiger charge is 2.22. The summed E-state index contributed by atoms with van der Waals surface area (Å²) in [6, 6.07) is 6.00. The number of hydrogen-bond donors (Lipinski definition) is 4. The first kappa shape index (κ1) is 22.4. The van der Waals surface area contributed by atoms with Crippen LogP contribution in [-0.2, 0) is 0 Å². The van der Waals surface area contributed by atoms with Crippen LogP contribution in [0.3, 0.4) is 0 Å². The molecular weight excluding hydrogens is 397 g/mol. The first-order chi connectivity index (χ1) is 14.5. The number of nitrogens with one attached hydrogen (secondary N) is 2. The predicted octanol–water partition coefficient (Wildman–Crippen LogP) is 4.16. The molecule has 164 valence electrons. The molecule has 7 nitrogen and oxygen atoms in total. The Hall–Kier alpha value is -3.26. The van der Waals surface area contributed by atoms with Crippen molar-refractivity contribution in [2.45, 2.75) is 40.7 Å². The van der Waals surface area contributed by atoms with Gasteiger partial charge in [0, 0.05) is 35.5 Å². The third-order valence-electron chi connectivity index (χ3n) is 5.22. The van der Waals surface area contributed by atoms with E-state index in [0.29, 0.717) is 11.4 Å². The predicted molar refractivity (Wildman–Crippen MR) is 121 cm³/mol. The average Bonchev–Trinajstić information content (AvgIpc) is 2.67. The number of nitrogens with two attached hydrogens (primary N) is 1. The molecule has 31 heavy (non-hydrogen) atoms. The van der Waals surface area contributed by atoms with Crippen LogP contribution in [-0.4, -0.2) is 33.8 Å². The molecule has 0 aliphatic rings. The number of hydrogen-bond acceptors (Lipinski definition) is 5. The standard InChI is InChI=1S/C23H28FN5O2/c1-12-6-17(24)19(29-22(31)27-11-20(30)23(3,4)5)8-15(12)16-7-14-10-26-21(25)9-18(14)28-13(16)2/h6-10,20,30H,11H2,1-5H3,(H2,25,26)(H2,27,29,31). The lowest BCUT2D eigenvalue weighted by Gasteiger charge is -2.26. The second-order valence-electron chi connectivity index (χ2n) is 8.79. The number of aryl methyl sites for hydroxylation is 2. The first-order valence-electron chi connectivity index (χ1n) is 10.0. The van der Waals surface area contributed by atoms with Gasteiger partial charge in [-0.1, -0.05) is 20.8 Å². The molecule has 3 rings (SSSR count). The van der Waals surface area contributed by atoms with E-state index in [1.807, 2.05) is 33.8 Å². The Balaban J connectivity index is 1.89. The number of carbonyl (C=O) groups excluding carboxylic acids is 1. The summed E-state index contributed by atoms with van der Waals surface area (Å²) >= 11 is 0. The van der Waals surface area contributed by atoms with Crippen molar-refractivity contribution in [2.24, 2.45) is 5.41 Å². The normalized spacial score (nSPS) is 12.6. The molecule has 0 aliphatic heterocycles. The Bertz CT molecular complexity index is 1140. The van der Waals surface area contributed by atoms with Crippen molar-refractivity contribution in [1.82, 2.24) is 15.3 Å². The molecule has 0 fully saturated rings. The van der Waals surface area contributed by atoms with Gasteiger partial charge in [0.2, 0.25) is 0 Å². The van der Waals surface area contributed by atoms with Gasteiger partial charge >= 0.3 is 6.03 Å². The lowest BCUT2D eigenvalue weighted by Crippen LogP contribution is -2.41. The van der Waals surface area contributed by atoms with Crippen LogP contribution >= 0.6 is 0 Å². The number of carbonyl (C=O) groups is 1. The Labute approximate surface area is 180 Å². The number of benzene rings is 1. The van der Waals surface area contributed by atoms with Gasteiger partial charge in [0.15, 0.2) is 0 Å². The van der Waals surface area contributed by atoms with Gasteiger partial charge in [-0.2, -0.15) is 0 Å². The number of fused-ring (bicyclic) bond motifs is 1. The largest absolute Gasteiger partial charge is 0.391 e. The van der Waals surface area contributed by atoms with E-state index < -0.39 is 18.0 Å². The van der Waals surface area contributed by atoms with Crippen molar-refractivity contribution in [1.29, 1.82) is 0 Å². The van der Waals surface area contributed by atoms with Gasteiger partial charge < -0.3 is 21.5 Å². The van der Waals surface area contributed by atoms with Crippen molar-refractivity contribution >= 4 is 28.4 Å². The van der Waals surface area contributed by atoms with E-state index in [1.165, 1.54) is 6.07 Å². The molecule has 2 amide bonds. The monoisotopic (exact) mass is 425 g/mol. The van der Waals surface area contributed by atoms with E-state index in [1.54, 1.807) is 25.3 Å². The molecule has 0 spiro atoms. The molecule has 2 heterocycles. The summed E-state index contributed by atoms with van der Waals surface area (Å²) in [6.07, 6.45) is 0.915. The molecule has 0 saturated carbocycles. The van der Waals surface area contributed by atoms with Crippen LogP contribution in [0.15, 0.2) is 30.5 Å². The molecule has 1 aromatic carbocycles. The summed E-state index contributed by atoms with van der Waals surface area (Å²) in [5.41, 5.74) is 9.14. The van der Waals surface area contributed by atoms with Gasteiger partial charge in [0.25, 0.3) is 0 Å². The molecule has 3 aromatic rings. The molecule has 0 aliphatic carbocycles. The second kappa shape index (κ2) is 8.47. The third-order valence-corrected chi connectivity index (χ3v) is 5.22. The second-order valence-corrected chi connectivity index (χ2v) is 8.79. The van der Waals surface area contributed by atoms with E-state index in [-0.39, 0.29) is 17.6 Å². The molecule has 1 atom stereocenters. The highest BCUT2D eigenvalue weighted by Crippen LogP contribution is 2.32. The minimum absolute atomic E-state index is 0.0401. The molecular formula is C23H28FN5O2. The van der Waals surface area contributed by atoms with E-state index in [4.69, 9.17) is 5.73 Å². The Morgan fingerprint density at radius 3 is 2.58 bits per heavy atom. The first-order valence-corrected chi connectivity index (χ1v) is 10.0. The van der Waals surface area contributed by atoms with Gasteiger partial charge in [-0.05, 0) is 48.6 Å². The number of pyridine rings is 2. The van der Waals surface area contributed by atoms with Crippen molar-refractivity contribution in [2.75, 3.05) is 17.6 Å². The van der Waals surface area contributed by atoms with Crippen molar-refractivity contribution < 1.29 is 14.3 Å². The maximum Gasteiger partial charge on any atom is 0.319 e. The lowest BCUT2D eigenvalue weighted by atomic mass is 9.89. The zero-order valence-electron chi connectivity index (χ0n) is 18.4. The van der Waals surface area contributed by atoms with Gasteiger partial charge in [0.05, 0.1) is 17.3 Å². The molecule has 1 unspecified atom stereocenters. The average molecular weight is 426 g/mol. The summed E-state index contributed by atoms with van der Waals surface area (Å²) in [5.74, 6) is -0.159. The molecule has 0 radical (unpaired) electrons. The number of aliphatic hydroxyl groups excluding tert-OH is 1. The minimum Gasteiger partial charge on any atom is -0.391 e. The number of urea groups is 1. The maximum atomic E-state index is 14.6. The van der Waals surface area contributed by atoms with E-state index >= 15 is 0 Å². The third kappa shape index (κ3) is 5.08. The van der Waals surface area contributed by atoms with Crippen molar-refractivity contribution in [3.05, 3.63) is 47.5 Å². The summed E-state index contributed by atoms with van der Waals surface area (Å²) in [6.45, 7) is 9.32. The SMILES string of the molecule is Cc1cc(F)c(NC(=O)NCC(O)C(C)(C)C)cc1-c1cc2cnc(N)cc2nc1C. The van der Waals surface area contributed by atoms with E-state index in [0.717, 1.165) is 27.7 Å². The van der Waals surface area contributed by atoms with E-state index in [9.17, 15) is 14.3 Å². The molecule has 2 aromatic heterocycles. The van der Waals surface area contributed by atoms with Crippen LogP contribution in [0.4, 0.5) is 20.7 Å². The minimum atomic E-state index is -0.731. The molecule has 0 bridgehead atoms.